The summed E-state index contributed by atoms with van der Waals surface area (Å²) < 4.78 is 4.45. The van der Waals surface area contributed by atoms with Crippen LogP contribution in [-0.2, 0) is 4.74 Å². The van der Waals surface area contributed by atoms with Crippen molar-refractivity contribution in [2.45, 2.75) is 0 Å². The lowest BCUT2D eigenvalue weighted by molar-refractivity contribution is 0.118. The van der Waals surface area contributed by atoms with Crippen molar-refractivity contribution in [3.8, 4) is 0 Å². The third kappa shape index (κ3) is 5.78. The molecule has 0 aromatic rings. The number of rotatable bonds is 2. The molecular weight excluding hydrogens is 126 g/mol. The maximum absolute atomic E-state index is 9.96. The average Bonchev–Trinajstić information content (AvgIpc) is 1.61. The number of nitrogens with zero attached hydrogens (tertiary/aromatic N) is 1. The molecule has 4 heteroatoms. The van der Waals surface area contributed by atoms with Crippen molar-refractivity contribution in [2.75, 3.05) is 20.8 Å². The summed E-state index contributed by atoms with van der Waals surface area (Å²) in [5, 5.41) is -0.543. The van der Waals surface area contributed by atoms with Crippen LogP contribution in [0.5, 0.6) is 0 Å². The minimum atomic E-state index is -0.543. The fraction of sp³-hybridized carbons (Fsp3) is 0.750. The summed E-state index contributed by atoms with van der Waals surface area (Å²) in [6.45, 7) is 0.294. The van der Waals surface area contributed by atoms with Gasteiger partial charge in [-0.3, -0.25) is 4.90 Å². The molecule has 0 aliphatic carbocycles. The molecule has 0 amide bonds. The van der Waals surface area contributed by atoms with Gasteiger partial charge in [0.2, 0.25) is 0 Å². The van der Waals surface area contributed by atoms with Gasteiger partial charge in [0.15, 0.2) is 0 Å². The molecule has 48 valence electrons. The van der Waals surface area contributed by atoms with E-state index in [-0.39, 0.29) is 0 Å². The van der Waals surface area contributed by atoms with Crippen LogP contribution in [0.3, 0.4) is 0 Å². The fourth-order valence-corrected chi connectivity index (χ4v) is 0.242. The lowest BCUT2D eigenvalue weighted by Gasteiger charge is -2.06. The van der Waals surface area contributed by atoms with Crippen LogP contribution >= 0.6 is 12.6 Å². The molecule has 0 rings (SSSR count). The lowest BCUT2D eigenvalue weighted by Crippen LogP contribution is -2.16. The van der Waals surface area contributed by atoms with E-state index >= 15 is 0 Å². The van der Waals surface area contributed by atoms with Gasteiger partial charge < -0.3 is 4.74 Å². The first-order valence-corrected chi connectivity index (χ1v) is 2.58. The highest BCUT2D eigenvalue weighted by Crippen LogP contribution is 1.85. The van der Waals surface area contributed by atoms with Crippen molar-refractivity contribution in [1.82, 2.24) is 4.90 Å². The standard InChI is InChI=1S/C4H9NO2S/c1-5(2)3-7-4(6)8/h3H2,1-2H3,(H,6,8). The Morgan fingerprint density at radius 1 is 1.75 bits per heavy atom. The maximum atomic E-state index is 9.96. The molecule has 0 aromatic carbocycles. The molecule has 0 heterocycles. The first-order chi connectivity index (χ1) is 3.63. The summed E-state index contributed by atoms with van der Waals surface area (Å²) in [7, 11) is 3.60. The minimum absolute atomic E-state index is 0.294. The van der Waals surface area contributed by atoms with Crippen LogP contribution in [0.2, 0.25) is 0 Å². The Hall–Kier alpha value is -0.220. The summed E-state index contributed by atoms with van der Waals surface area (Å²) in [4.78, 5) is 11.7. The third-order valence-corrected chi connectivity index (χ3v) is 0.575. The fourth-order valence-electron chi connectivity index (χ4n) is 0.184. The molecule has 0 aromatic heterocycles. The molecule has 0 saturated heterocycles. The van der Waals surface area contributed by atoms with E-state index in [1.54, 1.807) is 19.0 Å². The third-order valence-electron chi connectivity index (χ3n) is 0.446. The summed E-state index contributed by atoms with van der Waals surface area (Å²) in [6, 6.07) is 0. The van der Waals surface area contributed by atoms with Gasteiger partial charge >= 0.3 is 5.30 Å². The van der Waals surface area contributed by atoms with Crippen molar-refractivity contribution < 1.29 is 9.53 Å². The molecule has 0 spiro atoms. The van der Waals surface area contributed by atoms with Gasteiger partial charge in [0.05, 0.1) is 0 Å². The first kappa shape index (κ1) is 7.78. The molecule has 0 fully saturated rings. The van der Waals surface area contributed by atoms with E-state index in [4.69, 9.17) is 0 Å². The molecule has 8 heavy (non-hydrogen) atoms. The van der Waals surface area contributed by atoms with Crippen LogP contribution in [-0.4, -0.2) is 31.0 Å². The molecule has 0 aliphatic heterocycles. The van der Waals surface area contributed by atoms with E-state index in [0.717, 1.165) is 0 Å². The SMILES string of the molecule is CN(C)COC(=O)S. The Bertz CT molecular complexity index is 84.1. The van der Waals surface area contributed by atoms with Crippen molar-refractivity contribution in [3.63, 3.8) is 0 Å². The maximum Gasteiger partial charge on any atom is 0.365 e. The number of hydrogen-bond donors (Lipinski definition) is 1. The lowest BCUT2D eigenvalue weighted by atomic mass is 10.9. The predicted molar refractivity (Wildman–Crippen MR) is 34.0 cm³/mol. The second kappa shape index (κ2) is 3.74. The van der Waals surface area contributed by atoms with Crippen molar-refractivity contribution in [2.24, 2.45) is 0 Å². The molecule has 0 unspecified atom stereocenters. The van der Waals surface area contributed by atoms with Crippen LogP contribution < -0.4 is 0 Å². The normalized spacial score (nSPS) is 9.50. The average molecular weight is 135 g/mol. The van der Waals surface area contributed by atoms with E-state index in [2.05, 4.69) is 17.4 Å². The molecule has 0 saturated carbocycles. The zero-order valence-electron chi connectivity index (χ0n) is 4.92. The van der Waals surface area contributed by atoms with Crippen LogP contribution in [0.25, 0.3) is 0 Å². The van der Waals surface area contributed by atoms with Crippen LogP contribution in [0.4, 0.5) is 4.79 Å². The summed E-state index contributed by atoms with van der Waals surface area (Å²) in [5.74, 6) is 0. The largest absolute Gasteiger partial charge is 0.442 e. The molecule has 0 atom stereocenters. The van der Waals surface area contributed by atoms with Crippen molar-refractivity contribution in [3.05, 3.63) is 0 Å². The van der Waals surface area contributed by atoms with Gasteiger partial charge in [-0.25, -0.2) is 4.79 Å². The van der Waals surface area contributed by atoms with Gasteiger partial charge in [-0.05, 0) is 14.1 Å². The Labute approximate surface area is 54.0 Å². The second-order valence-electron chi connectivity index (χ2n) is 1.62. The quantitative estimate of drug-likeness (QED) is 0.341. The van der Waals surface area contributed by atoms with E-state index in [1.165, 1.54) is 0 Å². The Kier molecular flexibility index (Phi) is 3.64. The zero-order chi connectivity index (χ0) is 6.57. The molecule has 3 nitrogen and oxygen atoms in total. The van der Waals surface area contributed by atoms with Gasteiger partial charge in [-0.1, -0.05) is 12.6 Å². The molecule has 0 radical (unpaired) electrons. The van der Waals surface area contributed by atoms with E-state index in [1.807, 2.05) is 0 Å². The van der Waals surface area contributed by atoms with Crippen molar-refractivity contribution in [1.29, 1.82) is 0 Å². The Morgan fingerprint density at radius 2 is 2.25 bits per heavy atom. The Balaban J connectivity index is 3.05. The van der Waals surface area contributed by atoms with Gasteiger partial charge in [0.25, 0.3) is 0 Å². The van der Waals surface area contributed by atoms with Gasteiger partial charge in [-0.2, -0.15) is 0 Å². The number of ether oxygens (including phenoxy) is 1. The minimum Gasteiger partial charge on any atom is -0.442 e. The van der Waals surface area contributed by atoms with E-state index in [0.29, 0.717) is 6.73 Å². The first-order valence-electron chi connectivity index (χ1n) is 2.13. The van der Waals surface area contributed by atoms with Crippen LogP contribution in [0, 0.1) is 0 Å². The number of hydrogen-bond acceptors (Lipinski definition) is 3. The van der Waals surface area contributed by atoms with Gasteiger partial charge in [0, 0.05) is 0 Å². The molecular formula is C4H9NO2S. The Morgan fingerprint density at radius 3 is 2.38 bits per heavy atom. The highest BCUT2D eigenvalue weighted by molar-refractivity contribution is 7.96. The predicted octanol–water partition coefficient (Wildman–Crippen LogP) is 0.572. The number of thiol groups is 1. The highest BCUT2D eigenvalue weighted by atomic mass is 32.1. The van der Waals surface area contributed by atoms with Crippen molar-refractivity contribution >= 4 is 17.9 Å². The zero-order valence-corrected chi connectivity index (χ0v) is 5.81. The highest BCUT2D eigenvalue weighted by Gasteiger charge is 1.92. The van der Waals surface area contributed by atoms with Gasteiger partial charge in [0.1, 0.15) is 6.73 Å². The van der Waals surface area contributed by atoms with E-state index < -0.39 is 5.30 Å². The summed E-state index contributed by atoms with van der Waals surface area (Å²) in [6.07, 6.45) is 0. The number of carbonyl (C=O) groups is 1. The molecule has 0 bridgehead atoms. The molecule has 0 aliphatic rings. The van der Waals surface area contributed by atoms with Crippen LogP contribution in [0.15, 0.2) is 0 Å². The summed E-state index contributed by atoms with van der Waals surface area (Å²) in [5.41, 5.74) is 0. The topological polar surface area (TPSA) is 29.5 Å². The monoisotopic (exact) mass is 135 g/mol. The number of carbonyl (C=O) groups excluding carboxylic acids is 1. The van der Waals surface area contributed by atoms with E-state index in [9.17, 15) is 4.79 Å². The smallest absolute Gasteiger partial charge is 0.365 e. The second-order valence-corrected chi connectivity index (χ2v) is 1.98. The summed E-state index contributed by atoms with van der Waals surface area (Å²) >= 11 is 3.38. The molecule has 0 N–H and O–H groups in total. The van der Waals surface area contributed by atoms with Crippen LogP contribution in [0.1, 0.15) is 0 Å². The van der Waals surface area contributed by atoms with Gasteiger partial charge in [-0.15, -0.1) is 0 Å².